The molecule has 0 unspecified atom stereocenters. The first-order valence-electron chi connectivity index (χ1n) is 5.91. The summed E-state index contributed by atoms with van der Waals surface area (Å²) < 4.78 is 22.5. The fourth-order valence-electron chi connectivity index (χ4n) is 1.59. The second-order valence-electron chi connectivity index (χ2n) is 4.24. The summed E-state index contributed by atoms with van der Waals surface area (Å²) in [4.78, 5) is 14.7. The third kappa shape index (κ3) is 4.52. The lowest BCUT2D eigenvalue weighted by molar-refractivity contribution is -0.136. The highest BCUT2D eigenvalue weighted by Gasteiger charge is 2.09. The summed E-state index contributed by atoms with van der Waals surface area (Å²) in [6.45, 7) is 0. The molecule has 7 nitrogen and oxygen atoms in total. The summed E-state index contributed by atoms with van der Waals surface area (Å²) >= 11 is 1.31. The lowest BCUT2D eigenvalue weighted by atomic mass is 10.2. The average Bonchev–Trinajstić information content (AvgIpc) is 2.83. The van der Waals surface area contributed by atoms with Gasteiger partial charge in [0.2, 0.25) is 10.0 Å². The van der Waals surface area contributed by atoms with Gasteiger partial charge in [-0.25, -0.2) is 18.5 Å². The molecule has 0 spiro atoms. The molecule has 0 radical (unpaired) electrons. The second kappa shape index (κ2) is 6.20. The van der Waals surface area contributed by atoms with Crippen molar-refractivity contribution in [2.24, 2.45) is 5.14 Å². The van der Waals surface area contributed by atoms with Crippen LogP contribution in [0.2, 0.25) is 0 Å². The van der Waals surface area contributed by atoms with Gasteiger partial charge in [-0.05, 0) is 18.2 Å². The maximum absolute atomic E-state index is 11.3. The van der Waals surface area contributed by atoms with Crippen LogP contribution >= 0.6 is 11.3 Å². The van der Waals surface area contributed by atoms with E-state index in [-0.39, 0.29) is 11.3 Å². The molecule has 0 bridgehead atoms. The van der Waals surface area contributed by atoms with Crippen LogP contribution in [0, 0.1) is 0 Å². The van der Waals surface area contributed by atoms with E-state index >= 15 is 0 Å². The number of benzene rings is 1. The maximum atomic E-state index is 11.3. The number of carbonyl (C=O) groups is 1. The van der Waals surface area contributed by atoms with Crippen molar-refractivity contribution < 1.29 is 18.3 Å². The third-order valence-electron chi connectivity index (χ3n) is 2.56. The Morgan fingerprint density at radius 3 is 2.86 bits per heavy atom. The maximum Gasteiger partial charge on any atom is 0.303 e. The van der Waals surface area contributed by atoms with Crippen molar-refractivity contribution in [2.75, 3.05) is 5.32 Å². The van der Waals surface area contributed by atoms with Crippen molar-refractivity contribution in [1.82, 2.24) is 4.98 Å². The number of nitrogens with two attached hydrogens (primary N) is 1. The van der Waals surface area contributed by atoms with Gasteiger partial charge in [-0.3, -0.25) is 4.79 Å². The highest BCUT2D eigenvalue weighted by Crippen LogP contribution is 2.23. The van der Waals surface area contributed by atoms with Crippen molar-refractivity contribution in [1.29, 1.82) is 0 Å². The monoisotopic (exact) mass is 327 g/mol. The molecule has 0 amide bonds. The summed E-state index contributed by atoms with van der Waals surface area (Å²) in [5.74, 6) is -0.877. The SMILES string of the molecule is NS(=O)(=O)c1cccc(Nc2nc(CCC(=O)O)cs2)c1. The van der Waals surface area contributed by atoms with E-state index in [4.69, 9.17) is 10.2 Å². The molecule has 2 rings (SSSR count). The van der Waals surface area contributed by atoms with Crippen LogP contribution in [0.5, 0.6) is 0 Å². The summed E-state index contributed by atoms with van der Waals surface area (Å²) in [7, 11) is -3.75. The van der Waals surface area contributed by atoms with Crippen LogP contribution in [0.1, 0.15) is 12.1 Å². The number of primary sulfonamides is 1. The first kappa shape index (κ1) is 15.4. The van der Waals surface area contributed by atoms with Crippen LogP contribution in [0.4, 0.5) is 10.8 Å². The van der Waals surface area contributed by atoms with Gasteiger partial charge in [-0.15, -0.1) is 11.3 Å². The third-order valence-corrected chi connectivity index (χ3v) is 4.28. The van der Waals surface area contributed by atoms with E-state index in [2.05, 4.69) is 10.3 Å². The Hall–Kier alpha value is -1.97. The number of rotatable bonds is 6. The molecule has 0 aliphatic heterocycles. The minimum absolute atomic E-state index is 0.00940. The van der Waals surface area contributed by atoms with E-state index in [1.165, 1.54) is 23.5 Å². The minimum atomic E-state index is -3.75. The molecule has 0 saturated carbocycles. The number of aryl methyl sites for hydroxylation is 1. The first-order valence-corrected chi connectivity index (χ1v) is 8.33. The lowest BCUT2D eigenvalue weighted by Gasteiger charge is -2.04. The lowest BCUT2D eigenvalue weighted by Crippen LogP contribution is -2.12. The highest BCUT2D eigenvalue weighted by molar-refractivity contribution is 7.89. The fourth-order valence-corrected chi connectivity index (χ4v) is 2.91. The van der Waals surface area contributed by atoms with Crippen molar-refractivity contribution in [3.05, 3.63) is 35.3 Å². The number of thiazole rings is 1. The molecule has 0 atom stereocenters. The molecular formula is C12H13N3O4S2. The van der Waals surface area contributed by atoms with Crippen LogP contribution in [0.25, 0.3) is 0 Å². The normalized spacial score (nSPS) is 11.3. The fraction of sp³-hybridized carbons (Fsp3) is 0.167. The number of sulfonamides is 1. The Morgan fingerprint density at radius 2 is 2.19 bits per heavy atom. The van der Waals surface area contributed by atoms with Gasteiger partial charge < -0.3 is 10.4 Å². The molecule has 9 heteroatoms. The molecule has 0 aliphatic carbocycles. The number of anilines is 2. The number of carboxylic acid groups (broad SMARTS) is 1. The van der Waals surface area contributed by atoms with E-state index in [1.54, 1.807) is 17.5 Å². The first-order chi connectivity index (χ1) is 9.84. The van der Waals surface area contributed by atoms with Gasteiger partial charge in [0.15, 0.2) is 5.13 Å². The van der Waals surface area contributed by atoms with E-state index in [0.717, 1.165) is 0 Å². The van der Waals surface area contributed by atoms with Crippen molar-refractivity contribution in [3.8, 4) is 0 Å². The van der Waals surface area contributed by atoms with E-state index in [1.807, 2.05) is 0 Å². The summed E-state index contributed by atoms with van der Waals surface area (Å²) in [6.07, 6.45) is 0.370. The van der Waals surface area contributed by atoms with Crippen LogP contribution < -0.4 is 10.5 Å². The smallest absolute Gasteiger partial charge is 0.303 e. The predicted octanol–water partition coefficient (Wildman–Crippen LogP) is 1.55. The summed E-state index contributed by atoms with van der Waals surface area (Å²) in [5, 5.41) is 19.0. The zero-order chi connectivity index (χ0) is 15.5. The Labute approximate surface area is 125 Å². The van der Waals surface area contributed by atoms with Crippen LogP contribution in [0.15, 0.2) is 34.5 Å². The van der Waals surface area contributed by atoms with Crippen molar-refractivity contribution in [3.63, 3.8) is 0 Å². The quantitative estimate of drug-likeness (QED) is 0.740. The number of aliphatic carboxylic acids is 1. The standard InChI is InChI=1S/C12H13N3O4S2/c13-21(18,19)10-3-1-2-8(6-10)14-12-15-9(7-20-12)4-5-11(16)17/h1-3,6-7H,4-5H2,(H,14,15)(H,16,17)(H2,13,18,19). The number of hydrogen-bond acceptors (Lipinski definition) is 6. The van der Waals surface area contributed by atoms with Gasteiger partial charge in [0.05, 0.1) is 17.0 Å². The van der Waals surface area contributed by atoms with E-state index < -0.39 is 16.0 Å². The van der Waals surface area contributed by atoms with Gasteiger partial charge in [-0.2, -0.15) is 0 Å². The molecule has 1 aromatic heterocycles. The molecule has 0 saturated heterocycles. The van der Waals surface area contributed by atoms with Gasteiger partial charge in [0.1, 0.15) is 0 Å². The zero-order valence-electron chi connectivity index (χ0n) is 10.8. The molecule has 2 aromatic rings. The summed E-state index contributed by atoms with van der Waals surface area (Å²) in [5.41, 5.74) is 1.22. The number of carboxylic acids is 1. The van der Waals surface area contributed by atoms with Crippen molar-refractivity contribution >= 4 is 38.1 Å². The number of hydrogen-bond donors (Lipinski definition) is 3. The molecular weight excluding hydrogens is 314 g/mol. The van der Waals surface area contributed by atoms with Crippen molar-refractivity contribution in [2.45, 2.75) is 17.7 Å². The Balaban J connectivity index is 2.10. The second-order valence-corrected chi connectivity index (χ2v) is 6.66. The number of nitrogens with one attached hydrogen (secondary N) is 1. The topological polar surface area (TPSA) is 122 Å². The molecule has 1 heterocycles. The van der Waals surface area contributed by atoms with Crippen LogP contribution in [-0.2, 0) is 21.2 Å². The van der Waals surface area contributed by atoms with Gasteiger partial charge >= 0.3 is 5.97 Å². The number of aromatic nitrogens is 1. The predicted molar refractivity (Wildman–Crippen MR) is 79.2 cm³/mol. The Morgan fingerprint density at radius 1 is 1.43 bits per heavy atom. The highest BCUT2D eigenvalue weighted by atomic mass is 32.2. The minimum Gasteiger partial charge on any atom is -0.481 e. The van der Waals surface area contributed by atoms with E-state index in [9.17, 15) is 13.2 Å². The molecule has 0 aliphatic rings. The molecule has 0 fully saturated rings. The zero-order valence-corrected chi connectivity index (χ0v) is 12.4. The average molecular weight is 327 g/mol. The van der Waals surface area contributed by atoms with Crippen LogP contribution in [0.3, 0.4) is 0 Å². The van der Waals surface area contributed by atoms with Gasteiger partial charge in [0.25, 0.3) is 0 Å². The molecule has 1 aromatic carbocycles. The van der Waals surface area contributed by atoms with Gasteiger partial charge in [-0.1, -0.05) is 6.07 Å². The number of nitrogens with zero attached hydrogens (tertiary/aromatic N) is 1. The molecule has 112 valence electrons. The Kier molecular flexibility index (Phi) is 4.56. The molecule has 21 heavy (non-hydrogen) atoms. The largest absolute Gasteiger partial charge is 0.481 e. The Bertz CT molecular complexity index is 755. The summed E-state index contributed by atoms with van der Waals surface area (Å²) in [6, 6.07) is 6.07. The van der Waals surface area contributed by atoms with E-state index in [0.29, 0.717) is 22.9 Å². The molecule has 4 N–H and O–H groups in total. The van der Waals surface area contributed by atoms with Gasteiger partial charge in [0, 0.05) is 17.5 Å². The van der Waals surface area contributed by atoms with Crippen LogP contribution in [-0.4, -0.2) is 24.5 Å².